The molecule has 0 aliphatic rings. The smallest absolute Gasteiger partial charge is 0.470 e. The normalized spacial score (nSPS) is 11.9. The molecule has 0 fully saturated rings. The average molecular weight is 384 g/mol. The third kappa shape index (κ3) is 5.06. The van der Waals surface area contributed by atoms with Gasteiger partial charge in [0.25, 0.3) is 0 Å². The van der Waals surface area contributed by atoms with Crippen molar-refractivity contribution >= 4 is 7.82 Å². The fourth-order valence-electron chi connectivity index (χ4n) is 3.05. The molecular formula is C21H21O5P. The number of hydrogen-bond donors (Lipinski definition) is 2. The van der Waals surface area contributed by atoms with Crippen LogP contribution < -0.4 is 4.74 Å². The summed E-state index contributed by atoms with van der Waals surface area (Å²) in [5.41, 5.74) is -0.0385. The number of rotatable bonds is 8. The van der Waals surface area contributed by atoms with Crippen LogP contribution in [0.25, 0.3) is 0 Å². The Labute approximate surface area is 158 Å². The van der Waals surface area contributed by atoms with E-state index in [-0.39, 0.29) is 13.0 Å². The Morgan fingerprint density at radius 2 is 1.19 bits per heavy atom. The van der Waals surface area contributed by atoms with Crippen molar-refractivity contribution in [3.05, 3.63) is 102 Å². The van der Waals surface area contributed by atoms with Gasteiger partial charge in [0.05, 0.1) is 6.61 Å². The largest absolute Gasteiger partial charge is 0.493 e. The van der Waals surface area contributed by atoms with Crippen molar-refractivity contribution in [1.29, 1.82) is 0 Å². The van der Waals surface area contributed by atoms with Crippen LogP contribution in [0.2, 0.25) is 0 Å². The second-order valence-corrected chi connectivity index (χ2v) is 7.22. The lowest BCUT2D eigenvalue weighted by Gasteiger charge is -2.34. The van der Waals surface area contributed by atoms with Crippen molar-refractivity contribution in [3.8, 4) is 5.75 Å². The zero-order chi connectivity index (χ0) is 19.2. The molecule has 0 aliphatic heterocycles. The first-order chi connectivity index (χ1) is 13.0. The maximum atomic E-state index is 11.9. The number of phosphoric acid groups is 1. The molecule has 0 heterocycles. The molecule has 0 radical (unpaired) electrons. The predicted octanol–water partition coefficient (Wildman–Crippen LogP) is 4.51. The SMILES string of the molecule is O=P(O)(O)OC(CCOc1ccccc1)(c1ccccc1)c1ccccc1. The molecule has 3 rings (SSSR count). The maximum Gasteiger partial charge on any atom is 0.470 e. The van der Waals surface area contributed by atoms with Gasteiger partial charge in [-0.3, -0.25) is 4.52 Å². The summed E-state index contributed by atoms with van der Waals surface area (Å²) in [5, 5.41) is 0. The molecule has 140 valence electrons. The van der Waals surface area contributed by atoms with E-state index < -0.39 is 13.4 Å². The Bertz CT molecular complexity index is 839. The fourth-order valence-corrected chi connectivity index (χ4v) is 3.76. The van der Waals surface area contributed by atoms with E-state index in [1.807, 2.05) is 66.7 Å². The van der Waals surface area contributed by atoms with Gasteiger partial charge >= 0.3 is 7.82 Å². The highest BCUT2D eigenvalue weighted by atomic mass is 31.2. The van der Waals surface area contributed by atoms with Gasteiger partial charge < -0.3 is 14.5 Å². The Hall–Kier alpha value is -2.43. The highest BCUT2D eigenvalue weighted by Gasteiger charge is 2.41. The summed E-state index contributed by atoms with van der Waals surface area (Å²) in [5.74, 6) is 0.684. The van der Waals surface area contributed by atoms with Crippen LogP contribution >= 0.6 is 7.82 Å². The van der Waals surface area contributed by atoms with Crippen molar-refractivity contribution in [2.24, 2.45) is 0 Å². The van der Waals surface area contributed by atoms with Gasteiger partial charge in [-0.1, -0.05) is 78.9 Å². The molecular weight excluding hydrogens is 363 g/mol. The van der Waals surface area contributed by atoms with Gasteiger partial charge in [-0.05, 0) is 23.3 Å². The number of ether oxygens (including phenoxy) is 1. The molecule has 0 amide bonds. The molecule has 6 heteroatoms. The summed E-state index contributed by atoms with van der Waals surface area (Å²) in [6, 6.07) is 27.4. The molecule has 0 atom stereocenters. The molecule has 0 saturated carbocycles. The first-order valence-electron chi connectivity index (χ1n) is 8.55. The first kappa shape index (κ1) is 19.3. The molecule has 0 unspecified atom stereocenters. The third-order valence-electron chi connectivity index (χ3n) is 4.22. The first-order valence-corrected chi connectivity index (χ1v) is 10.1. The Kier molecular flexibility index (Phi) is 6.09. The summed E-state index contributed by atoms with van der Waals surface area (Å²) in [4.78, 5) is 19.3. The molecule has 0 saturated heterocycles. The summed E-state index contributed by atoms with van der Waals surface area (Å²) in [6.45, 7) is 0.216. The minimum atomic E-state index is -4.79. The quantitative estimate of drug-likeness (QED) is 0.559. The summed E-state index contributed by atoms with van der Waals surface area (Å²) in [6.07, 6.45) is 0.223. The fraction of sp³-hybridized carbons (Fsp3) is 0.143. The molecule has 3 aromatic rings. The minimum Gasteiger partial charge on any atom is -0.493 e. The van der Waals surface area contributed by atoms with Crippen molar-refractivity contribution in [3.63, 3.8) is 0 Å². The van der Waals surface area contributed by atoms with Crippen molar-refractivity contribution in [1.82, 2.24) is 0 Å². The lowest BCUT2D eigenvalue weighted by Crippen LogP contribution is -2.32. The van der Waals surface area contributed by atoms with Gasteiger partial charge in [-0.25, -0.2) is 4.57 Å². The van der Waals surface area contributed by atoms with Gasteiger partial charge in [0.2, 0.25) is 0 Å². The van der Waals surface area contributed by atoms with Gasteiger partial charge in [-0.2, -0.15) is 0 Å². The molecule has 27 heavy (non-hydrogen) atoms. The van der Waals surface area contributed by atoms with E-state index in [0.717, 1.165) is 0 Å². The lowest BCUT2D eigenvalue weighted by molar-refractivity contribution is 0.0455. The predicted molar refractivity (Wildman–Crippen MR) is 103 cm³/mol. The highest BCUT2D eigenvalue weighted by molar-refractivity contribution is 7.46. The van der Waals surface area contributed by atoms with E-state index in [2.05, 4.69) is 0 Å². The van der Waals surface area contributed by atoms with E-state index in [1.54, 1.807) is 24.3 Å². The maximum absolute atomic E-state index is 11.9. The van der Waals surface area contributed by atoms with Gasteiger partial charge in [-0.15, -0.1) is 0 Å². The van der Waals surface area contributed by atoms with Crippen LogP contribution in [0.5, 0.6) is 5.75 Å². The van der Waals surface area contributed by atoms with Crippen molar-refractivity contribution < 1.29 is 23.6 Å². The van der Waals surface area contributed by atoms with Gasteiger partial charge in [0, 0.05) is 6.42 Å². The number of hydrogen-bond acceptors (Lipinski definition) is 3. The molecule has 3 aromatic carbocycles. The zero-order valence-electron chi connectivity index (χ0n) is 14.6. The van der Waals surface area contributed by atoms with Crippen LogP contribution in [0.1, 0.15) is 17.5 Å². The molecule has 5 nitrogen and oxygen atoms in total. The summed E-state index contributed by atoms with van der Waals surface area (Å²) < 4.78 is 23.1. The van der Waals surface area contributed by atoms with Crippen LogP contribution in [0.3, 0.4) is 0 Å². The van der Waals surface area contributed by atoms with E-state index in [9.17, 15) is 14.4 Å². The second-order valence-electron chi connectivity index (χ2n) is 6.05. The Morgan fingerprint density at radius 1 is 0.741 bits per heavy atom. The van der Waals surface area contributed by atoms with Gasteiger partial charge in [0.15, 0.2) is 0 Å². The van der Waals surface area contributed by atoms with Crippen molar-refractivity contribution in [2.45, 2.75) is 12.0 Å². The number of para-hydroxylation sites is 1. The van der Waals surface area contributed by atoms with E-state index in [1.165, 1.54) is 0 Å². The van der Waals surface area contributed by atoms with Crippen molar-refractivity contribution in [2.75, 3.05) is 6.61 Å². The second kappa shape index (κ2) is 8.51. The van der Waals surface area contributed by atoms with Crippen LogP contribution in [0.4, 0.5) is 0 Å². The van der Waals surface area contributed by atoms with Crippen LogP contribution in [-0.2, 0) is 14.7 Å². The molecule has 0 aromatic heterocycles. The molecule has 0 aliphatic carbocycles. The van der Waals surface area contributed by atoms with E-state index in [4.69, 9.17) is 9.26 Å². The average Bonchev–Trinajstić information content (AvgIpc) is 2.68. The summed E-state index contributed by atoms with van der Waals surface area (Å²) >= 11 is 0. The number of benzene rings is 3. The summed E-state index contributed by atoms with van der Waals surface area (Å²) in [7, 11) is -4.79. The molecule has 0 bridgehead atoms. The Balaban J connectivity index is 1.99. The van der Waals surface area contributed by atoms with E-state index >= 15 is 0 Å². The third-order valence-corrected chi connectivity index (χ3v) is 4.77. The van der Waals surface area contributed by atoms with Crippen LogP contribution in [-0.4, -0.2) is 16.4 Å². The highest BCUT2D eigenvalue weighted by Crippen LogP contribution is 2.50. The van der Waals surface area contributed by atoms with Gasteiger partial charge in [0.1, 0.15) is 11.4 Å². The minimum absolute atomic E-state index is 0.216. The monoisotopic (exact) mass is 384 g/mol. The zero-order valence-corrected chi connectivity index (χ0v) is 15.5. The van der Waals surface area contributed by atoms with Crippen LogP contribution in [0.15, 0.2) is 91.0 Å². The van der Waals surface area contributed by atoms with E-state index in [0.29, 0.717) is 16.9 Å². The Morgan fingerprint density at radius 3 is 1.63 bits per heavy atom. The van der Waals surface area contributed by atoms with Crippen LogP contribution in [0, 0.1) is 0 Å². The topological polar surface area (TPSA) is 76.0 Å². The lowest BCUT2D eigenvalue weighted by atomic mass is 9.84. The number of phosphoric ester groups is 1. The molecule has 2 N–H and O–H groups in total. The molecule has 0 spiro atoms. The standard InChI is InChI=1S/C21H21O5P/c22-27(23,24)26-21(18-10-4-1-5-11-18,19-12-6-2-7-13-19)16-17-25-20-14-8-3-9-15-20/h1-15H,16-17H2,(H2,22,23,24).